The molecule has 1 aromatic carbocycles. The van der Waals surface area contributed by atoms with Gasteiger partial charge in [-0.15, -0.1) is 0 Å². The number of hydrogen-bond acceptors (Lipinski definition) is 6. The van der Waals surface area contributed by atoms with Crippen molar-refractivity contribution >= 4 is 17.3 Å². The van der Waals surface area contributed by atoms with Crippen molar-refractivity contribution in [3.8, 4) is 22.8 Å². The minimum atomic E-state index is -1.38. The summed E-state index contributed by atoms with van der Waals surface area (Å²) < 4.78 is 15.4. The van der Waals surface area contributed by atoms with E-state index in [1.54, 1.807) is 25.3 Å². The van der Waals surface area contributed by atoms with E-state index in [9.17, 15) is 4.79 Å². The molecule has 0 radical (unpaired) electrons. The van der Waals surface area contributed by atoms with Gasteiger partial charge in [0.1, 0.15) is 16.8 Å². The maximum atomic E-state index is 11.1. The largest absolute Gasteiger partial charge is 0.511 e. The first-order valence-corrected chi connectivity index (χ1v) is 7.51. The van der Waals surface area contributed by atoms with Gasteiger partial charge in [-0.1, -0.05) is 5.16 Å². The molecule has 1 N–H and O–H groups in total. The molecule has 1 aliphatic carbocycles. The quantitative estimate of drug-likeness (QED) is 0.728. The van der Waals surface area contributed by atoms with Gasteiger partial charge in [-0.2, -0.15) is 0 Å². The Hall–Kier alpha value is -3.09. The molecular formula is C17H14N2O5. The van der Waals surface area contributed by atoms with Crippen molar-refractivity contribution in [2.45, 2.75) is 18.8 Å². The number of benzene rings is 1. The van der Waals surface area contributed by atoms with Gasteiger partial charge in [0, 0.05) is 17.5 Å². The maximum absolute atomic E-state index is 11.1. The predicted octanol–water partition coefficient (Wildman–Crippen LogP) is 3.83. The Balaban J connectivity index is 1.87. The van der Waals surface area contributed by atoms with Crippen molar-refractivity contribution in [2.75, 3.05) is 7.11 Å². The lowest BCUT2D eigenvalue weighted by Crippen LogP contribution is -2.04. The molecule has 0 spiro atoms. The van der Waals surface area contributed by atoms with E-state index >= 15 is 0 Å². The van der Waals surface area contributed by atoms with Crippen LogP contribution in [0.1, 0.15) is 24.5 Å². The molecule has 24 heavy (non-hydrogen) atoms. The summed E-state index contributed by atoms with van der Waals surface area (Å²) in [4.78, 5) is 15.5. The first-order valence-electron chi connectivity index (χ1n) is 7.51. The summed E-state index contributed by atoms with van der Waals surface area (Å²) in [5.41, 5.74) is 2.29. The van der Waals surface area contributed by atoms with Crippen molar-refractivity contribution in [3.63, 3.8) is 0 Å². The molecule has 4 rings (SSSR count). The highest BCUT2D eigenvalue weighted by Crippen LogP contribution is 2.43. The monoisotopic (exact) mass is 326 g/mol. The van der Waals surface area contributed by atoms with Gasteiger partial charge < -0.3 is 19.1 Å². The number of methoxy groups -OCH3 is 1. The molecule has 2 aromatic heterocycles. The van der Waals surface area contributed by atoms with Gasteiger partial charge in [-0.3, -0.25) is 0 Å². The van der Waals surface area contributed by atoms with Crippen LogP contribution in [0, 0.1) is 0 Å². The fourth-order valence-corrected chi connectivity index (χ4v) is 2.64. The zero-order valence-electron chi connectivity index (χ0n) is 12.9. The molecule has 2 heterocycles. The van der Waals surface area contributed by atoms with Crippen LogP contribution in [0.2, 0.25) is 0 Å². The maximum Gasteiger partial charge on any atom is 0.511 e. The summed E-state index contributed by atoms with van der Waals surface area (Å²) in [6.07, 6.45) is 0.681. The number of aromatic nitrogens is 2. The normalized spacial score (nSPS) is 13.9. The van der Waals surface area contributed by atoms with E-state index in [2.05, 4.69) is 10.1 Å². The van der Waals surface area contributed by atoms with Crippen molar-refractivity contribution in [3.05, 3.63) is 36.0 Å². The molecule has 1 fully saturated rings. The molecule has 0 aliphatic heterocycles. The Labute approximate surface area is 136 Å². The van der Waals surface area contributed by atoms with E-state index in [1.807, 2.05) is 12.1 Å². The van der Waals surface area contributed by atoms with Crippen LogP contribution in [-0.2, 0) is 0 Å². The number of ether oxygens (including phenoxy) is 2. The smallest absolute Gasteiger partial charge is 0.497 e. The lowest BCUT2D eigenvalue weighted by Gasteiger charge is -2.05. The van der Waals surface area contributed by atoms with E-state index in [1.165, 1.54) is 0 Å². The molecule has 3 aromatic rings. The van der Waals surface area contributed by atoms with Gasteiger partial charge in [0.05, 0.1) is 12.8 Å². The van der Waals surface area contributed by atoms with Crippen LogP contribution in [0.4, 0.5) is 4.79 Å². The number of carbonyl (C=O) groups is 1. The van der Waals surface area contributed by atoms with Gasteiger partial charge in [0.25, 0.3) is 5.71 Å². The van der Waals surface area contributed by atoms with E-state index in [-0.39, 0.29) is 11.5 Å². The first-order chi connectivity index (χ1) is 11.7. The standard InChI is InChI=1S/C17H14N2O5/c1-22-11-6-4-10(5-7-11)15-14-13(23-17(20)21)8-12(9-2-3-9)18-16(14)24-19-15/h4-9H,2-3H2,1H3,(H,20,21). The van der Waals surface area contributed by atoms with Gasteiger partial charge >= 0.3 is 6.16 Å². The van der Waals surface area contributed by atoms with E-state index in [4.69, 9.17) is 19.1 Å². The predicted molar refractivity (Wildman–Crippen MR) is 84.4 cm³/mol. The third-order valence-corrected chi connectivity index (χ3v) is 3.99. The van der Waals surface area contributed by atoms with Crippen molar-refractivity contribution in [1.29, 1.82) is 0 Å². The number of rotatable bonds is 4. The second kappa shape index (κ2) is 5.52. The summed E-state index contributed by atoms with van der Waals surface area (Å²) in [6.45, 7) is 0. The Morgan fingerprint density at radius 1 is 1.29 bits per heavy atom. The fourth-order valence-electron chi connectivity index (χ4n) is 2.64. The summed E-state index contributed by atoms with van der Waals surface area (Å²) in [6, 6.07) is 8.88. The second-order valence-corrected chi connectivity index (χ2v) is 5.63. The van der Waals surface area contributed by atoms with Crippen LogP contribution in [0.3, 0.4) is 0 Å². The van der Waals surface area contributed by atoms with E-state index < -0.39 is 6.16 Å². The van der Waals surface area contributed by atoms with E-state index in [0.717, 1.165) is 24.1 Å². The summed E-state index contributed by atoms with van der Waals surface area (Å²) in [5, 5.41) is 13.5. The molecule has 0 bridgehead atoms. The molecule has 7 heteroatoms. The number of pyridine rings is 1. The SMILES string of the molecule is COc1ccc(-c2noc3nc(C4CC4)cc(OC(=O)O)c23)cc1. The average molecular weight is 326 g/mol. The van der Waals surface area contributed by atoms with Crippen LogP contribution in [0.15, 0.2) is 34.9 Å². The highest BCUT2D eigenvalue weighted by Gasteiger charge is 2.29. The molecular weight excluding hydrogens is 312 g/mol. The molecule has 122 valence electrons. The molecule has 0 unspecified atom stereocenters. The highest BCUT2D eigenvalue weighted by molar-refractivity contribution is 5.95. The summed E-state index contributed by atoms with van der Waals surface area (Å²) >= 11 is 0. The number of hydrogen-bond donors (Lipinski definition) is 1. The second-order valence-electron chi connectivity index (χ2n) is 5.63. The third kappa shape index (κ3) is 2.54. The van der Waals surface area contributed by atoms with Crippen LogP contribution in [0.5, 0.6) is 11.5 Å². The number of fused-ring (bicyclic) bond motifs is 1. The van der Waals surface area contributed by atoms with Crippen molar-refractivity contribution in [2.24, 2.45) is 0 Å². The Kier molecular flexibility index (Phi) is 3.34. The Bertz CT molecular complexity index is 913. The summed E-state index contributed by atoms with van der Waals surface area (Å²) in [7, 11) is 1.59. The van der Waals surface area contributed by atoms with Gasteiger partial charge in [0.15, 0.2) is 5.75 Å². The molecule has 1 saturated carbocycles. The van der Waals surface area contributed by atoms with Gasteiger partial charge in [-0.25, -0.2) is 9.78 Å². The lowest BCUT2D eigenvalue weighted by molar-refractivity contribution is 0.145. The van der Waals surface area contributed by atoms with Crippen molar-refractivity contribution < 1.29 is 23.9 Å². The van der Waals surface area contributed by atoms with Crippen LogP contribution >= 0.6 is 0 Å². The minimum absolute atomic E-state index is 0.196. The lowest BCUT2D eigenvalue weighted by atomic mass is 10.1. The van der Waals surface area contributed by atoms with Gasteiger partial charge in [-0.05, 0) is 37.1 Å². The third-order valence-electron chi connectivity index (χ3n) is 3.99. The zero-order chi connectivity index (χ0) is 16.7. The average Bonchev–Trinajstić information content (AvgIpc) is 3.34. The van der Waals surface area contributed by atoms with E-state index in [0.29, 0.717) is 22.7 Å². The van der Waals surface area contributed by atoms with Gasteiger partial charge in [0.2, 0.25) is 0 Å². The highest BCUT2D eigenvalue weighted by atomic mass is 16.7. The van der Waals surface area contributed by atoms with Crippen LogP contribution in [-0.4, -0.2) is 28.5 Å². The fraction of sp³-hybridized carbons (Fsp3) is 0.235. The molecule has 0 atom stereocenters. The molecule has 0 saturated heterocycles. The molecule has 1 aliphatic rings. The number of nitrogens with zero attached hydrogens (tertiary/aromatic N) is 2. The van der Waals surface area contributed by atoms with Crippen LogP contribution < -0.4 is 9.47 Å². The zero-order valence-corrected chi connectivity index (χ0v) is 12.9. The molecule has 0 amide bonds. The Morgan fingerprint density at radius 3 is 2.67 bits per heavy atom. The summed E-state index contributed by atoms with van der Waals surface area (Å²) in [5.74, 6) is 1.24. The molecule has 7 nitrogen and oxygen atoms in total. The van der Waals surface area contributed by atoms with Crippen molar-refractivity contribution in [1.82, 2.24) is 10.1 Å². The minimum Gasteiger partial charge on any atom is -0.497 e. The van der Waals surface area contributed by atoms with Crippen LogP contribution in [0.25, 0.3) is 22.4 Å². The Morgan fingerprint density at radius 2 is 2.04 bits per heavy atom. The first kappa shape index (κ1) is 14.5. The topological polar surface area (TPSA) is 94.7 Å². The number of carboxylic acid groups (broad SMARTS) is 1.